The largest absolute Gasteiger partial charge is 0.497 e. The molecule has 0 radical (unpaired) electrons. The van der Waals surface area contributed by atoms with E-state index in [0.717, 1.165) is 24.5 Å². The fourth-order valence-electron chi connectivity index (χ4n) is 3.23. The molecule has 2 N–H and O–H groups in total. The number of ether oxygens (including phenoxy) is 1. The summed E-state index contributed by atoms with van der Waals surface area (Å²) in [5, 5.41) is 6.94. The van der Waals surface area contributed by atoms with Gasteiger partial charge in [-0.15, -0.1) is 0 Å². The number of hydrogen-bond acceptors (Lipinski definition) is 3. The summed E-state index contributed by atoms with van der Waals surface area (Å²) in [6, 6.07) is 14.6. The van der Waals surface area contributed by atoms with Gasteiger partial charge in [-0.3, -0.25) is 4.90 Å². The zero-order chi connectivity index (χ0) is 18.4. The molecule has 26 heavy (non-hydrogen) atoms. The number of likely N-dealkylation sites (tertiary alicyclic amines) is 1. The number of methoxy groups -OCH3 is 1. The summed E-state index contributed by atoms with van der Waals surface area (Å²) in [7, 11) is 1.67. The highest BCUT2D eigenvalue weighted by atomic mass is 32.1. The van der Waals surface area contributed by atoms with Gasteiger partial charge in [0.05, 0.1) is 13.2 Å². The van der Waals surface area contributed by atoms with E-state index in [9.17, 15) is 4.39 Å². The first-order chi connectivity index (χ1) is 12.7. The Hall–Kier alpha value is -2.18. The quantitative estimate of drug-likeness (QED) is 0.750. The van der Waals surface area contributed by atoms with Crippen molar-refractivity contribution in [3.8, 4) is 5.75 Å². The van der Waals surface area contributed by atoms with Crippen molar-refractivity contribution in [3.63, 3.8) is 0 Å². The summed E-state index contributed by atoms with van der Waals surface area (Å²) < 4.78 is 18.3. The predicted octanol–water partition coefficient (Wildman–Crippen LogP) is 3.96. The second-order valence-electron chi connectivity index (χ2n) is 6.37. The Labute approximate surface area is 159 Å². The number of nitrogens with zero attached hydrogens (tertiary/aromatic N) is 1. The zero-order valence-electron chi connectivity index (χ0n) is 14.9. The van der Waals surface area contributed by atoms with E-state index in [1.54, 1.807) is 19.2 Å². The van der Waals surface area contributed by atoms with Crippen molar-refractivity contribution in [1.29, 1.82) is 0 Å². The maximum absolute atomic E-state index is 13.0. The summed E-state index contributed by atoms with van der Waals surface area (Å²) in [6.45, 7) is 2.90. The van der Waals surface area contributed by atoms with Gasteiger partial charge in [0.2, 0.25) is 0 Å². The van der Waals surface area contributed by atoms with Crippen molar-refractivity contribution in [3.05, 3.63) is 59.9 Å². The van der Waals surface area contributed by atoms with E-state index in [0.29, 0.717) is 11.7 Å². The Balaban J connectivity index is 1.63. The number of hydrogen-bond donors (Lipinski definition) is 2. The second kappa shape index (κ2) is 8.96. The SMILES string of the molecule is COc1ccc([C@@H](CNC(=S)Nc2ccc(F)cc2)N2CCCC2)cc1. The van der Waals surface area contributed by atoms with E-state index in [1.807, 2.05) is 12.1 Å². The lowest BCUT2D eigenvalue weighted by atomic mass is 10.1. The average Bonchev–Trinajstić information content (AvgIpc) is 3.19. The fraction of sp³-hybridized carbons (Fsp3) is 0.350. The molecular formula is C20H24FN3OS. The van der Waals surface area contributed by atoms with Gasteiger partial charge in [0.25, 0.3) is 0 Å². The Kier molecular flexibility index (Phi) is 6.41. The van der Waals surface area contributed by atoms with Crippen molar-refractivity contribution in [2.24, 2.45) is 0 Å². The van der Waals surface area contributed by atoms with Crippen LogP contribution in [0.3, 0.4) is 0 Å². The molecule has 1 heterocycles. The minimum absolute atomic E-state index is 0.247. The number of thiocarbonyl (C=S) groups is 1. The van der Waals surface area contributed by atoms with Gasteiger partial charge in [0.15, 0.2) is 5.11 Å². The van der Waals surface area contributed by atoms with Crippen molar-refractivity contribution >= 4 is 23.0 Å². The van der Waals surface area contributed by atoms with Crippen LogP contribution in [-0.2, 0) is 0 Å². The van der Waals surface area contributed by atoms with Crippen molar-refractivity contribution in [2.45, 2.75) is 18.9 Å². The first kappa shape index (κ1) is 18.6. The molecule has 0 bridgehead atoms. The van der Waals surface area contributed by atoms with E-state index >= 15 is 0 Å². The van der Waals surface area contributed by atoms with E-state index < -0.39 is 0 Å². The Morgan fingerprint density at radius 1 is 1.12 bits per heavy atom. The standard InChI is InChI=1S/C20H24FN3OS/c1-25-18-10-4-15(5-11-18)19(24-12-2-3-13-24)14-22-20(26)23-17-8-6-16(21)7-9-17/h4-11,19H,2-3,12-14H2,1H3,(H2,22,23,26)/t19-/m1/s1. The van der Waals surface area contributed by atoms with Gasteiger partial charge in [-0.2, -0.15) is 0 Å². The molecule has 1 atom stereocenters. The molecule has 3 rings (SSSR count). The topological polar surface area (TPSA) is 36.5 Å². The molecule has 0 aliphatic carbocycles. The number of nitrogens with one attached hydrogen (secondary N) is 2. The van der Waals surface area contributed by atoms with Gasteiger partial charge in [-0.1, -0.05) is 12.1 Å². The molecule has 1 fully saturated rings. The first-order valence-corrected chi connectivity index (χ1v) is 9.25. The van der Waals surface area contributed by atoms with Gasteiger partial charge in [0, 0.05) is 12.2 Å². The Morgan fingerprint density at radius 3 is 2.38 bits per heavy atom. The molecule has 1 saturated heterocycles. The van der Waals surface area contributed by atoms with E-state index in [4.69, 9.17) is 17.0 Å². The van der Waals surface area contributed by atoms with Crippen LogP contribution >= 0.6 is 12.2 Å². The summed E-state index contributed by atoms with van der Waals surface area (Å²) in [4.78, 5) is 2.48. The van der Waals surface area contributed by atoms with Crippen LogP contribution in [0.1, 0.15) is 24.4 Å². The van der Waals surface area contributed by atoms with Gasteiger partial charge >= 0.3 is 0 Å². The van der Waals surface area contributed by atoms with Gasteiger partial charge in [0.1, 0.15) is 11.6 Å². The minimum atomic E-state index is -0.261. The third kappa shape index (κ3) is 4.93. The molecule has 4 nitrogen and oxygen atoms in total. The van der Waals surface area contributed by atoms with Gasteiger partial charge < -0.3 is 15.4 Å². The minimum Gasteiger partial charge on any atom is -0.497 e. The van der Waals surface area contributed by atoms with E-state index in [2.05, 4.69) is 27.7 Å². The summed E-state index contributed by atoms with van der Waals surface area (Å²) in [5.41, 5.74) is 2.01. The van der Waals surface area contributed by atoms with Crippen molar-refractivity contribution < 1.29 is 9.13 Å². The maximum Gasteiger partial charge on any atom is 0.170 e. The smallest absolute Gasteiger partial charge is 0.170 e. The average molecular weight is 373 g/mol. The molecule has 2 aromatic carbocycles. The van der Waals surface area contributed by atoms with Crippen LogP contribution < -0.4 is 15.4 Å². The zero-order valence-corrected chi connectivity index (χ0v) is 15.7. The molecule has 138 valence electrons. The van der Waals surface area contributed by atoms with Crippen LogP contribution in [0.4, 0.5) is 10.1 Å². The van der Waals surface area contributed by atoms with Crippen LogP contribution in [0.5, 0.6) is 5.75 Å². The molecule has 1 aliphatic heterocycles. The number of halogens is 1. The second-order valence-corrected chi connectivity index (χ2v) is 6.78. The number of rotatable bonds is 6. The van der Waals surface area contributed by atoms with E-state index in [1.165, 1.54) is 30.5 Å². The number of benzene rings is 2. The molecule has 0 amide bonds. The Bertz CT molecular complexity index is 715. The maximum atomic E-state index is 13.0. The monoisotopic (exact) mass is 373 g/mol. The lowest BCUT2D eigenvalue weighted by Gasteiger charge is -2.29. The number of anilines is 1. The molecule has 6 heteroatoms. The molecule has 0 aromatic heterocycles. The van der Waals surface area contributed by atoms with Crippen LogP contribution in [0.25, 0.3) is 0 Å². The van der Waals surface area contributed by atoms with Crippen LogP contribution in [0.2, 0.25) is 0 Å². The van der Waals surface area contributed by atoms with E-state index in [-0.39, 0.29) is 11.9 Å². The van der Waals surface area contributed by atoms with Crippen LogP contribution in [-0.4, -0.2) is 36.8 Å². The highest BCUT2D eigenvalue weighted by Gasteiger charge is 2.23. The molecule has 1 aliphatic rings. The molecule has 2 aromatic rings. The third-order valence-corrected chi connectivity index (χ3v) is 4.89. The highest BCUT2D eigenvalue weighted by Crippen LogP contribution is 2.26. The lowest BCUT2D eigenvalue weighted by molar-refractivity contribution is 0.246. The molecule has 0 unspecified atom stereocenters. The summed E-state index contributed by atoms with van der Waals surface area (Å²) >= 11 is 5.40. The van der Waals surface area contributed by atoms with Crippen LogP contribution in [0, 0.1) is 5.82 Å². The van der Waals surface area contributed by atoms with Crippen LogP contribution in [0.15, 0.2) is 48.5 Å². The molecule has 0 spiro atoms. The summed E-state index contributed by atoms with van der Waals surface area (Å²) in [6.07, 6.45) is 2.45. The summed E-state index contributed by atoms with van der Waals surface area (Å²) in [5.74, 6) is 0.596. The van der Waals surface area contributed by atoms with Crippen molar-refractivity contribution in [1.82, 2.24) is 10.2 Å². The normalized spacial score (nSPS) is 15.5. The van der Waals surface area contributed by atoms with Crippen molar-refractivity contribution in [2.75, 3.05) is 32.1 Å². The first-order valence-electron chi connectivity index (χ1n) is 8.84. The molecular weight excluding hydrogens is 349 g/mol. The highest BCUT2D eigenvalue weighted by molar-refractivity contribution is 7.80. The van der Waals surface area contributed by atoms with Gasteiger partial charge in [-0.05, 0) is 80.1 Å². The Morgan fingerprint density at radius 2 is 1.77 bits per heavy atom. The fourth-order valence-corrected chi connectivity index (χ4v) is 3.44. The molecule has 0 saturated carbocycles. The third-order valence-electron chi connectivity index (χ3n) is 4.64. The lowest BCUT2D eigenvalue weighted by Crippen LogP contribution is -2.38. The predicted molar refractivity (Wildman–Crippen MR) is 107 cm³/mol. The van der Waals surface area contributed by atoms with Gasteiger partial charge in [-0.25, -0.2) is 4.39 Å².